The van der Waals surface area contributed by atoms with Crippen LogP contribution in [0.4, 0.5) is 18.9 Å². The second kappa shape index (κ2) is 11.2. The Kier molecular flexibility index (Phi) is 7.72. The molecular formula is C29H23ClF3N3O5. The number of alkyl halides is 3. The first-order valence-electron chi connectivity index (χ1n) is 12.7. The van der Waals surface area contributed by atoms with Crippen LogP contribution in [0.2, 0.25) is 5.02 Å². The van der Waals surface area contributed by atoms with E-state index in [0.717, 1.165) is 18.9 Å². The molecule has 1 N–H and O–H groups in total. The summed E-state index contributed by atoms with van der Waals surface area (Å²) in [6.07, 6.45) is -1.87. The van der Waals surface area contributed by atoms with Gasteiger partial charge in [0.15, 0.2) is 5.71 Å². The molecule has 0 bridgehead atoms. The Morgan fingerprint density at radius 2 is 1.95 bits per heavy atom. The van der Waals surface area contributed by atoms with E-state index in [9.17, 15) is 27.6 Å². The summed E-state index contributed by atoms with van der Waals surface area (Å²) in [5.74, 6) is -1.41. The average Bonchev–Trinajstić information content (AvgIpc) is 3.56. The van der Waals surface area contributed by atoms with Crippen LogP contribution in [0.3, 0.4) is 0 Å². The number of hydrogen-bond donors (Lipinski definition) is 1. The molecule has 1 aromatic heterocycles. The predicted octanol–water partition coefficient (Wildman–Crippen LogP) is 6.27. The third-order valence-corrected chi connectivity index (χ3v) is 6.73. The number of anilines is 1. The van der Waals surface area contributed by atoms with Crippen LogP contribution in [-0.4, -0.2) is 42.8 Å². The van der Waals surface area contributed by atoms with Gasteiger partial charge in [0.1, 0.15) is 11.5 Å². The van der Waals surface area contributed by atoms with Crippen molar-refractivity contribution < 1.29 is 36.7 Å². The summed E-state index contributed by atoms with van der Waals surface area (Å²) in [4.78, 5) is 37.8. The summed E-state index contributed by atoms with van der Waals surface area (Å²) in [7, 11) is 0. The monoisotopic (exact) mass is 585 g/mol. The topological polar surface area (TPSA) is 101 Å². The van der Waals surface area contributed by atoms with Crippen LogP contribution >= 0.6 is 11.6 Å². The number of rotatable bonds is 8. The van der Waals surface area contributed by atoms with Crippen molar-refractivity contribution in [2.24, 2.45) is 11.0 Å². The number of carbonyl (C=O) groups is 3. The minimum atomic E-state index is -4.96. The van der Waals surface area contributed by atoms with Crippen molar-refractivity contribution in [1.82, 2.24) is 5.32 Å². The van der Waals surface area contributed by atoms with Gasteiger partial charge in [0, 0.05) is 12.1 Å². The smallest absolute Gasteiger partial charge is 0.435 e. The van der Waals surface area contributed by atoms with E-state index in [-0.39, 0.29) is 45.9 Å². The van der Waals surface area contributed by atoms with Gasteiger partial charge in [0.05, 0.1) is 34.0 Å². The van der Waals surface area contributed by atoms with Gasteiger partial charge in [-0.25, -0.2) is 4.79 Å². The standard InChI is InChI=1S/C29H23ClF3N3O5/c1-2-40-28(39)18-4-3-5-19(12-18)36-27(38)22(25(35-36)29(31,32)33)14-20-9-11-24(41-20)17-8-10-23(30)21(13-17)26(37)34-15-16-6-7-16/h3-5,8-14,16H,2,6-7,15H2,1H3,(H,34,37). The summed E-state index contributed by atoms with van der Waals surface area (Å²) >= 11 is 6.22. The second-order valence-corrected chi connectivity index (χ2v) is 9.85. The molecule has 3 aromatic rings. The first-order chi connectivity index (χ1) is 19.5. The van der Waals surface area contributed by atoms with Crippen LogP contribution < -0.4 is 10.3 Å². The first kappa shape index (κ1) is 28.2. The predicted molar refractivity (Wildman–Crippen MR) is 146 cm³/mol. The molecule has 212 valence electrons. The Morgan fingerprint density at radius 1 is 1.17 bits per heavy atom. The van der Waals surface area contributed by atoms with Gasteiger partial charge in [-0.1, -0.05) is 17.7 Å². The third-order valence-electron chi connectivity index (χ3n) is 6.41. The summed E-state index contributed by atoms with van der Waals surface area (Å²) in [6, 6.07) is 13.0. The minimum Gasteiger partial charge on any atom is -0.462 e. The van der Waals surface area contributed by atoms with Crippen molar-refractivity contribution in [2.75, 3.05) is 18.2 Å². The van der Waals surface area contributed by atoms with E-state index >= 15 is 0 Å². The van der Waals surface area contributed by atoms with Crippen LogP contribution in [0.5, 0.6) is 0 Å². The van der Waals surface area contributed by atoms with E-state index in [1.807, 2.05) is 0 Å². The van der Waals surface area contributed by atoms with Crippen LogP contribution in [0.25, 0.3) is 17.4 Å². The van der Waals surface area contributed by atoms with E-state index in [1.165, 1.54) is 48.5 Å². The summed E-state index contributed by atoms with van der Waals surface area (Å²) < 4.78 is 52.4. The number of benzene rings is 2. The molecule has 1 fully saturated rings. The zero-order valence-corrected chi connectivity index (χ0v) is 22.4. The molecule has 12 heteroatoms. The first-order valence-corrected chi connectivity index (χ1v) is 13.1. The molecule has 1 aliphatic carbocycles. The molecule has 8 nitrogen and oxygen atoms in total. The number of nitrogens with one attached hydrogen (secondary N) is 1. The van der Waals surface area contributed by atoms with Crippen LogP contribution in [0, 0.1) is 5.92 Å². The van der Waals surface area contributed by atoms with E-state index < -0.39 is 29.3 Å². The lowest BCUT2D eigenvalue weighted by Gasteiger charge is -2.12. The summed E-state index contributed by atoms with van der Waals surface area (Å²) in [5, 5.41) is 7.19. The number of esters is 1. The third kappa shape index (κ3) is 6.19. The van der Waals surface area contributed by atoms with Crippen molar-refractivity contribution in [3.8, 4) is 11.3 Å². The summed E-state index contributed by atoms with van der Waals surface area (Å²) in [5.41, 5.74) is -1.44. The van der Waals surface area contributed by atoms with Crippen LogP contribution in [0.1, 0.15) is 46.2 Å². The number of nitrogens with zero attached hydrogens (tertiary/aromatic N) is 2. The quantitative estimate of drug-likeness (QED) is 0.248. The van der Waals surface area contributed by atoms with Gasteiger partial charge in [-0.05, 0) is 80.3 Å². The lowest BCUT2D eigenvalue weighted by Crippen LogP contribution is -2.25. The fourth-order valence-corrected chi connectivity index (χ4v) is 4.35. The number of furan rings is 1. The van der Waals surface area contributed by atoms with Gasteiger partial charge in [-0.2, -0.15) is 23.3 Å². The molecule has 0 saturated heterocycles. The normalized spacial score (nSPS) is 16.2. The Hall–Kier alpha value is -4.38. The molecule has 2 aromatic carbocycles. The lowest BCUT2D eigenvalue weighted by molar-refractivity contribution is -0.114. The molecule has 0 atom stereocenters. The maximum absolute atomic E-state index is 13.9. The highest BCUT2D eigenvalue weighted by molar-refractivity contribution is 6.34. The fourth-order valence-electron chi connectivity index (χ4n) is 4.14. The number of ether oxygens (including phenoxy) is 1. The van der Waals surface area contributed by atoms with Crippen molar-refractivity contribution in [3.63, 3.8) is 0 Å². The SMILES string of the molecule is CCOC(=O)c1cccc(N2N=C(C(F)(F)F)C(=Cc3ccc(-c4ccc(Cl)c(C(=O)NCC5CC5)c4)o3)C2=O)c1. The molecule has 2 heterocycles. The Labute approximate surface area is 237 Å². The number of amides is 2. The van der Waals surface area contributed by atoms with Gasteiger partial charge in [-0.15, -0.1) is 0 Å². The number of hydrogen-bond acceptors (Lipinski definition) is 6. The van der Waals surface area contributed by atoms with Crippen molar-refractivity contribution in [2.45, 2.75) is 25.9 Å². The molecule has 0 spiro atoms. The van der Waals surface area contributed by atoms with E-state index in [2.05, 4.69) is 10.4 Å². The highest BCUT2D eigenvalue weighted by atomic mass is 35.5. The molecule has 1 aliphatic heterocycles. The molecule has 0 radical (unpaired) electrons. The molecular weight excluding hydrogens is 563 g/mol. The van der Waals surface area contributed by atoms with Crippen LogP contribution in [-0.2, 0) is 9.53 Å². The Bertz CT molecular complexity index is 1590. The fraction of sp³-hybridized carbons (Fsp3) is 0.241. The minimum absolute atomic E-state index is 0.0421. The van der Waals surface area contributed by atoms with Crippen molar-refractivity contribution >= 4 is 46.9 Å². The van der Waals surface area contributed by atoms with Gasteiger partial charge >= 0.3 is 12.1 Å². The Morgan fingerprint density at radius 3 is 2.66 bits per heavy atom. The number of carbonyl (C=O) groups excluding carboxylic acids is 3. The second-order valence-electron chi connectivity index (χ2n) is 9.44. The average molecular weight is 586 g/mol. The molecule has 1 saturated carbocycles. The van der Waals surface area contributed by atoms with E-state index in [4.69, 9.17) is 20.8 Å². The van der Waals surface area contributed by atoms with E-state index in [1.54, 1.807) is 13.0 Å². The maximum Gasteiger partial charge on any atom is 0.435 e. The molecule has 2 aliphatic rings. The molecule has 2 amide bonds. The molecule has 41 heavy (non-hydrogen) atoms. The van der Waals surface area contributed by atoms with Crippen LogP contribution in [0.15, 0.2) is 69.7 Å². The highest BCUT2D eigenvalue weighted by Gasteiger charge is 2.47. The molecule has 5 rings (SSSR count). The maximum atomic E-state index is 13.9. The van der Waals surface area contributed by atoms with Gasteiger partial charge in [0.25, 0.3) is 11.8 Å². The van der Waals surface area contributed by atoms with Crippen molar-refractivity contribution in [1.29, 1.82) is 0 Å². The van der Waals surface area contributed by atoms with E-state index in [0.29, 0.717) is 23.0 Å². The zero-order chi connectivity index (χ0) is 29.3. The highest BCUT2D eigenvalue weighted by Crippen LogP contribution is 2.34. The van der Waals surface area contributed by atoms with Crippen molar-refractivity contribution in [3.05, 3.63) is 82.1 Å². The zero-order valence-electron chi connectivity index (χ0n) is 21.6. The van der Waals surface area contributed by atoms with Gasteiger partial charge < -0.3 is 14.5 Å². The Balaban J connectivity index is 1.42. The number of hydrazone groups is 1. The van der Waals surface area contributed by atoms with Gasteiger partial charge in [0.2, 0.25) is 0 Å². The lowest BCUT2D eigenvalue weighted by atomic mass is 10.1. The van der Waals surface area contributed by atoms with Gasteiger partial charge in [-0.3, -0.25) is 9.59 Å². The number of halogens is 4. The summed E-state index contributed by atoms with van der Waals surface area (Å²) in [6.45, 7) is 2.27. The molecule has 0 unspecified atom stereocenters. The largest absolute Gasteiger partial charge is 0.462 e.